The number of aromatic nitrogens is 1. The number of rotatable bonds is 8. The maximum Gasteiger partial charge on any atom is 0.326 e. The molecule has 1 heterocycles. The lowest BCUT2D eigenvalue weighted by molar-refractivity contribution is -0.142. The van der Waals surface area contributed by atoms with Crippen LogP contribution in [0.4, 0.5) is 0 Å². The van der Waals surface area contributed by atoms with Crippen molar-refractivity contribution >= 4 is 51.3 Å². The van der Waals surface area contributed by atoms with Crippen LogP contribution in [-0.4, -0.2) is 33.8 Å². The number of hydrogen-bond donors (Lipinski definition) is 4. The number of carboxylic acid groups (broad SMARTS) is 1. The van der Waals surface area contributed by atoms with Crippen molar-refractivity contribution in [2.24, 2.45) is 5.92 Å². The second kappa shape index (κ2) is 9.30. The lowest BCUT2D eigenvalue weighted by atomic mass is 9.99. The van der Waals surface area contributed by atoms with Gasteiger partial charge in [0.1, 0.15) is 6.04 Å². The molecular weight excluding hydrogens is 440 g/mol. The molecule has 0 aliphatic heterocycles. The number of aromatic amines is 1. The van der Waals surface area contributed by atoms with Crippen molar-refractivity contribution in [2.75, 3.05) is 5.75 Å². The maximum atomic E-state index is 12.7. The van der Waals surface area contributed by atoms with E-state index in [-0.39, 0.29) is 12.3 Å². The van der Waals surface area contributed by atoms with Crippen molar-refractivity contribution in [2.45, 2.75) is 18.9 Å². The number of H-pyrrole nitrogens is 1. The molecule has 28 heavy (non-hydrogen) atoms. The molecule has 0 bridgehead atoms. The number of nitrogens with one attached hydrogen (secondary N) is 2. The third-order valence-corrected chi connectivity index (χ3v) is 5.67. The van der Waals surface area contributed by atoms with E-state index in [2.05, 4.69) is 38.9 Å². The topological polar surface area (TPSA) is 82.2 Å². The van der Waals surface area contributed by atoms with Crippen molar-refractivity contribution in [3.8, 4) is 0 Å². The van der Waals surface area contributed by atoms with Crippen LogP contribution < -0.4 is 5.32 Å². The molecule has 0 radical (unpaired) electrons. The highest BCUT2D eigenvalue weighted by molar-refractivity contribution is 9.10. The molecule has 146 valence electrons. The van der Waals surface area contributed by atoms with Gasteiger partial charge < -0.3 is 15.4 Å². The summed E-state index contributed by atoms with van der Waals surface area (Å²) in [7, 11) is 0. The zero-order chi connectivity index (χ0) is 20.1. The predicted octanol–water partition coefficient (Wildman–Crippen LogP) is 3.83. The van der Waals surface area contributed by atoms with Gasteiger partial charge in [-0.05, 0) is 35.7 Å². The highest BCUT2D eigenvalue weighted by Crippen LogP contribution is 2.20. The van der Waals surface area contributed by atoms with Crippen LogP contribution in [0.3, 0.4) is 0 Å². The number of aliphatic carboxylic acids is 1. The minimum Gasteiger partial charge on any atom is -0.480 e. The number of hydrogen-bond acceptors (Lipinski definition) is 3. The summed E-state index contributed by atoms with van der Waals surface area (Å²) in [5, 5.41) is 13.3. The van der Waals surface area contributed by atoms with E-state index in [1.807, 2.05) is 48.5 Å². The number of thiol groups is 1. The molecular formula is C21H21BrN2O3S. The number of halogens is 1. The summed E-state index contributed by atoms with van der Waals surface area (Å²) in [5.74, 6) is -1.43. The lowest BCUT2D eigenvalue weighted by Gasteiger charge is -2.19. The zero-order valence-electron chi connectivity index (χ0n) is 15.1. The Kier molecular flexibility index (Phi) is 6.80. The molecule has 1 amide bonds. The standard InChI is InChI=1S/C21H21BrN2O3S/c22-16-7-5-13(6-8-16)9-15(12-28)20(25)24-19(21(26)27)10-14-11-23-18-4-2-1-3-17(14)18/h1-8,11,15,19,23,28H,9-10,12H2,(H,24,25)(H,26,27)/t15-,19-/m1/s1. The Balaban J connectivity index is 1.70. The van der Waals surface area contributed by atoms with Crippen LogP contribution in [0.1, 0.15) is 11.1 Å². The Morgan fingerprint density at radius 2 is 1.82 bits per heavy atom. The van der Waals surface area contributed by atoms with Crippen LogP contribution in [0.15, 0.2) is 59.2 Å². The lowest BCUT2D eigenvalue weighted by Crippen LogP contribution is -2.45. The Morgan fingerprint density at radius 3 is 2.50 bits per heavy atom. The summed E-state index contributed by atoms with van der Waals surface area (Å²) in [6.07, 6.45) is 2.51. The number of carbonyl (C=O) groups is 2. The summed E-state index contributed by atoms with van der Waals surface area (Å²) in [5.41, 5.74) is 2.80. The summed E-state index contributed by atoms with van der Waals surface area (Å²) >= 11 is 7.68. The van der Waals surface area contributed by atoms with E-state index in [1.165, 1.54) is 0 Å². The van der Waals surface area contributed by atoms with Crippen LogP contribution in [0.25, 0.3) is 10.9 Å². The number of carbonyl (C=O) groups excluding carboxylic acids is 1. The molecule has 0 unspecified atom stereocenters. The highest BCUT2D eigenvalue weighted by atomic mass is 79.9. The first-order chi connectivity index (χ1) is 13.5. The highest BCUT2D eigenvalue weighted by Gasteiger charge is 2.26. The number of fused-ring (bicyclic) bond motifs is 1. The summed E-state index contributed by atoms with van der Waals surface area (Å²) in [6, 6.07) is 14.4. The molecule has 3 N–H and O–H groups in total. The van der Waals surface area contributed by atoms with Gasteiger partial charge in [-0.1, -0.05) is 46.3 Å². The molecule has 7 heteroatoms. The van der Waals surface area contributed by atoms with Gasteiger partial charge in [0.2, 0.25) is 5.91 Å². The van der Waals surface area contributed by atoms with Gasteiger partial charge >= 0.3 is 5.97 Å². The van der Waals surface area contributed by atoms with Crippen LogP contribution in [0.5, 0.6) is 0 Å². The number of para-hydroxylation sites is 1. The second-order valence-corrected chi connectivity index (χ2v) is 7.95. The van der Waals surface area contributed by atoms with Crippen LogP contribution in [-0.2, 0) is 22.4 Å². The molecule has 3 aromatic rings. The Hall–Kier alpha value is -2.25. The Bertz CT molecular complexity index is 971. The average molecular weight is 461 g/mol. The Labute approximate surface area is 177 Å². The minimum atomic E-state index is -1.06. The van der Waals surface area contributed by atoms with Gasteiger partial charge in [-0.25, -0.2) is 4.79 Å². The first kappa shape index (κ1) is 20.5. The van der Waals surface area contributed by atoms with Crippen molar-refractivity contribution in [3.05, 3.63) is 70.3 Å². The van der Waals surface area contributed by atoms with Crippen molar-refractivity contribution in [1.29, 1.82) is 0 Å². The first-order valence-corrected chi connectivity index (χ1v) is 10.3. The van der Waals surface area contributed by atoms with Crippen LogP contribution in [0, 0.1) is 5.92 Å². The van der Waals surface area contributed by atoms with Gasteiger partial charge in [0.25, 0.3) is 0 Å². The van der Waals surface area contributed by atoms with E-state index in [9.17, 15) is 14.7 Å². The maximum absolute atomic E-state index is 12.7. The van der Waals surface area contributed by atoms with E-state index >= 15 is 0 Å². The molecule has 0 aliphatic rings. The summed E-state index contributed by atoms with van der Waals surface area (Å²) < 4.78 is 0.966. The molecule has 5 nitrogen and oxygen atoms in total. The monoisotopic (exact) mass is 460 g/mol. The smallest absolute Gasteiger partial charge is 0.326 e. The van der Waals surface area contributed by atoms with Gasteiger partial charge in [-0.3, -0.25) is 4.79 Å². The third-order valence-electron chi connectivity index (χ3n) is 4.70. The summed E-state index contributed by atoms with van der Waals surface area (Å²) in [4.78, 5) is 27.6. The van der Waals surface area contributed by atoms with Gasteiger partial charge in [-0.2, -0.15) is 12.6 Å². The van der Waals surface area contributed by atoms with Gasteiger partial charge in [0, 0.05) is 33.7 Å². The molecule has 0 fully saturated rings. The average Bonchev–Trinajstić information content (AvgIpc) is 3.10. The fourth-order valence-electron chi connectivity index (χ4n) is 3.16. The van der Waals surface area contributed by atoms with Crippen molar-refractivity contribution < 1.29 is 14.7 Å². The Morgan fingerprint density at radius 1 is 1.11 bits per heavy atom. The van der Waals surface area contributed by atoms with E-state index in [0.29, 0.717) is 12.2 Å². The van der Waals surface area contributed by atoms with Gasteiger partial charge in [0.15, 0.2) is 0 Å². The van der Waals surface area contributed by atoms with E-state index in [4.69, 9.17) is 0 Å². The van der Waals surface area contributed by atoms with Gasteiger partial charge in [0.05, 0.1) is 5.92 Å². The third kappa shape index (κ3) is 4.97. The van der Waals surface area contributed by atoms with Crippen LogP contribution in [0.2, 0.25) is 0 Å². The number of amides is 1. The molecule has 3 rings (SSSR count). The predicted molar refractivity (Wildman–Crippen MR) is 117 cm³/mol. The molecule has 0 saturated carbocycles. The molecule has 0 saturated heterocycles. The molecule has 0 spiro atoms. The quantitative estimate of drug-likeness (QED) is 0.385. The minimum absolute atomic E-state index is 0.211. The number of benzene rings is 2. The summed E-state index contributed by atoms with van der Waals surface area (Å²) in [6.45, 7) is 0. The van der Waals surface area contributed by atoms with E-state index in [1.54, 1.807) is 6.20 Å². The van der Waals surface area contributed by atoms with E-state index in [0.717, 1.165) is 26.5 Å². The van der Waals surface area contributed by atoms with E-state index < -0.39 is 17.9 Å². The fourth-order valence-corrected chi connectivity index (χ4v) is 3.71. The molecule has 2 atom stereocenters. The van der Waals surface area contributed by atoms with Gasteiger partial charge in [-0.15, -0.1) is 0 Å². The molecule has 2 aromatic carbocycles. The zero-order valence-corrected chi connectivity index (χ0v) is 17.5. The first-order valence-electron chi connectivity index (χ1n) is 8.91. The van der Waals surface area contributed by atoms with Crippen molar-refractivity contribution in [3.63, 3.8) is 0 Å². The second-order valence-electron chi connectivity index (χ2n) is 6.67. The SMILES string of the molecule is O=C(N[C@H](Cc1c[nH]c2ccccc12)C(=O)O)[C@@H](CS)Cc1ccc(Br)cc1. The largest absolute Gasteiger partial charge is 0.480 e. The van der Waals surface area contributed by atoms with Crippen LogP contribution >= 0.6 is 28.6 Å². The van der Waals surface area contributed by atoms with Crippen molar-refractivity contribution in [1.82, 2.24) is 10.3 Å². The fraction of sp³-hybridized carbons (Fsp3) is 0.238. The number of carboxylic acids is 1. The molecule has 1 aromatic heterocycles. The molecule has 0 aliphatic carbocycles. The normalized spacial score (nSPS) is 13.2.